The number of rotatable bonds is 9. The Labute approximate surface area is 150 Å². The van der Waals surface area contributed by atoms with Crippen LogP contribution in [0.15, 0.2) is 58.5 Å². The van der Waals surface area contributed by atoms with Crippen molar-refractivity contribution in [2.45, 2.75) is 12.8 Å². The van der Waals surface area contributed by atoms with Crippen LogP contribution in [0.25, 0.3) is 0 Å². The highest BCUT2D eigenvalue weighted by Gasteiger charge is 2.10. The second kappa shape index (κ2) is 9.77. The van der Waals surface area contributed by atoms with Gasteiger partial charge in [0.05, 0.1) is 21.0 Å². The first kappa shape index (κ1) is 18.9. The standard InChI is InChI=1S/C18H18N4O4/c23-21(24)17-9-3-1-7-15(17)13-19-11-5-6-12-20-14-16-8-2-4-10-18(16)22(25)26/h1-4,7-10,13-14H,5-6,11-12H2. The maximum absolute atomic E-state index is 10.9. The molecule has 0 aromatic heterocycles. The molecule has 0 atom stereocenters. The van der Waals surface area contributed by atoms with E-state index in [-0.39, 0.29) is 11.4 Å². The van der Waals surface area contributed by atoms with E-state index in [4.69, 9.17) is 0 Å². The van der Waals surface area contributed by atoms with E-state index in [2.05, 4.69) is 9.98 Å². The van der Waals surface area contributed by atoms with Crippen molar-refractivity contribution < 1.29 is 9.85 Å². The number of nitrogens with zero attached hydrogens (tertiary/aromatic N) is 4. The lowest BCUT2D eigenvalue weighted by Crippen LogP contribution is -1.95. The molecule has 26 heavy (non-hydrogen) atoms. The molecular weight excluding hydrogens is 336 g/mol. The van der Waals surface area contributed by atoms with Gasteiger partial charge in [-0.15, -0.1) is 0 Å². The van der Waals surface area contributed by atoms with Crippen LogP contribution in [0.1, 0.15) is 24.0 Å². The van der Waals surface area contributed by atoms with E-state index in [1.165, 1.54) is 24.6 Å². The van der Waals surface area contributed by atoms with Gasteiger partial charge < -0.3 is 0 Å². The minimum Gasteiger partial charge on any atom is -0.292 e. The zero-order valence-electron chi connectivity index (χ0n) is 14.0. The molecule has 0 aliphatic rings. The van der Waals surface area contributed by atoms with Gasteiger partial charge in [-0.25, -0.2) is 0 Å². The van der Waals surface area contributed by atoms with Crippen molar-refractivity contribution in [3.63, 3.8) is 0 Å². The van der Waals surface area contributed by atoms with E-state index >= 15 is 0 Å². The van der Waals surface area contributed by atoms with Crippen LogP contribution in [-0.4, -0.2) is 35.4 Å². The molecule has 2 aromatic rings. The van der Waals surface area contributed by atoms with E-state index in [1.54, 1.807) is 36.4 Å². The van der Waals surface area contributed by atoms with Gasteiger partial charge in [-0.2, -0.15) is 0 Å². The highest BCUT2D eigenvalue weighted by atomic mass is 16.6. The molecule has 0 amide bonds. The van der Waals surface area contributed by atoms with E-state index in [1.807, 2.05) is 0 Å². The largest absolute Gasteiger partial charge is 0.292 e. The summed E-state index contributed by atoms with van der Waals surface area (Å²) in [6, 6.07) is 12.9. The lowest BCUT2D eigenvalue weighted by molar-refractivity contribution is -0.385. The minimum absolute atomic E-state index is 0.0327. The highest BCUT2D eigenvalue weighted by molar-refractivity contribution is 5.85. The van der Waals surface area contributed by atoms with Gasteiger partial charge in [0.1, 0.15) is 0 Å². The number of nitro groups is 2. The molecule has 0 N–H and O–H groups in total. The van der Waals surface area contributed by atoms with Crippen molar-refractivity contribution in [1.82, 2.24) is 0 Å². The maximum Gasteiger partial charge on any atom is 0.278 e. The molecule has 0 unspecified atom stereocenters. The van der Waals surface area contributed by atoms with Gasteiger partial charge in [0.2, 0.25) is 0 Å². The number of unbranched alkanes of at least 4 members (excludes halogenated alkanes) is 1. The first-order valence-corrected chi connectivity index (χ1v) is 8.06. The molecule has 0 saturated heterocycles. The maximum atomic E-state index is 10.9. The van der Waals surface area contributed by atoms with Crippen molar-refractivity contribution in [3.8, 4) is 0 Å². The Balaban J connectivity index is 1.77. The SMILES string of the molecule is O=[N+]([O-])c1ccccc1C=NCCCCN=Cc1ccccc1[N+](=O)[O-]. The van der Waals surface area contributed by atoms with Crippen LogP contribution in [0.2, 0.25) is 0 Å². The number of para-hydroxylation sites is 2. The molecule has 2 aromatic carbocycles. The van der Waals surface area contributed by atoms with Crippen LogP contribution < -0.4 is 0 Å². The van der Waals surface area contributed by atoms with Gasteiger partial charge in [-0.3, -0.25) is 30.2 Å². The molecule has 0 spiro atoms. The Hall–Kier alpha value is -3.42. The summed E-state index contributed by atoms with van der Waals surface area (Å²) >= 11 is 0. The van der Waals surface area contributed by atoms with Gasteiger partial charge in [-0.05, 0) is 25.0 Å². The summed E-state index contributed by atoms with van der Waals surface area (Å²) in [4.78, 5) is 29.3. The summed E-state index contributed by atoms with van der Waals surface area (Å²) < 4.78 is 0. The van der Waals surface area contributed by atoms with Crippen molar-refractivity contribution >= 4 is 23.8 Å². The van der Waals surface area contributed by atoms with E-state index in [0.29, 0.717) is 24.2 Å². The Morgan fingerprint density at radius 3 is 1.50 bits per heavy atom. The average molecular weight is 354 g/mol. The highest BCUT2D eigenvalue weighted by Crippen LogP contribution is 2.16. The summed E-state index contributed by atoms with van der Waals surface area (Å²) in [6.45, 7) is 1.07. The first-order valence-electron chi connectivity index (χ1n) is 8.06. The summed E-state index contributed by atoms with van der Waals surface area (Å²) in [7, 11) is 0. The zero-order chi connectivity index (χ0) is 18.8. The molecule has 0 aliphatic heterocycles. The van der Waals surface area contributed by atoms with Crippen LogP contribution in [0, 0.1) is 20.2 Å². The van der Waals surface area contributed by atoms with Crippen molar-refractivity contribution in [1.29, 1.82) is 0 Å². The van der Waals surface area contributed by atoms with E-state index in [9.17, 15) is 20.2 Å². The second-order valence-corrected chi connectivity index (χ2v) is 5.41. The van der Waals surface area contributed by atoms with Gasteiger partial charge in [0.15, 0.2) is 0 Å². The predicted octanol–water partition coefficient (Wildman–Crippen LogP) is 3.82. The van der Waals surface area contributed by atoms with Gasteiger partial charge >= 0.3 is 0 Å². The third-order valence-electron chi connectivity index (χ3n) is 3.55. The van der Waals surface area contributed by atoms with Crippen LogP contribution in [0.5, 0.6) is 0 Å². The average Bonchev–Trinajstić information content (AvgIpc) is 2.64. The third-order valence-corrected chi connectivity index (χ3v) is 3.55. The van der Waals surface area contributed by atoms with Crippen molar-refractivity contribution in [2.75, 3.05) is 13.1 Å². The zero-order valence-corrected chi connectivity index (χ0v) is 14.0. The number of hydrogen-bond acceptors (Lipinski definition) is 6. The Morgan fingerprint density at radius 1 is 0.731 bits per heavy atom. The Bertz CT molecular complexity index is 764. The fourth-order valence-corrected chi connectivity index (χ4v) is 2.26. The Morgan fingerprint density at radius 2 is 1.12 bits per heavy atom. The smallest absolute Gasteiger partial charge is 0.278 e. The number of nitro benzene ring substituents is 2. The quantitative estimate of drug-likeness (QED) is 0.295. The first-order chi connectivity index (χ1) is 12.6. The van der Waals surface area contributed by atoms with E-state index in [0.717, 1.165) is 12.8 Å². The van der Waals surface area contributed by atoms with Gasteiger partial charge in [-0.1, -0.05) is 24.3 Å². The summed E-state index contributed by atoms with van der Waals surface area (Å²) in [5.41, 5.74) is 1.02. The molecule has 8 heteroatoms. The van der Waals surface area contributed by atoms with Crippen LogP contribution >= 0.6 is 0 Å². The number of benzene rings is 2. The van der Waals surface area contributed by atoms with E-state index < -0.39 is 9.85 Å². The number of hydrogen-bond donors (Lipinski definition) is 0. The molecular formula is C18H18N4O4. The molecule has 2 rings (SSSR count). The topological polar surface area (TPSA) is 111 Å². The minimum atomic E-state index is -0.432. The molecule has 0 saturated carbocycles. The normalized spacial score (nSPS) is 11.2. The molecule has 8 nitrogen and oxygen atoms in total. The third kappa shape index (κ3) is 5.59. The van der Waals surface area contributed by atoms with Crippen LogP contribution in [-0.2, 0) is 0 Å². The monoisotopic (exact) mass is 354 g/mol. The lowest BCUT2D eigenvalue weighted by Gasteiger charge is -1.97. The molecule has 0 radical (unpaired) electrons. The summed E-state index contributed by atoms with van der Waals surface area (Å²) in [6.07, 6.45) is 4.56. The number of aliphatic imine (C=N–C) groups is 2. The molecule has 0 heterocycles. The molecule has 0 fully saturated rings. The van der Waals surface area contributed by atoms with Crippen LogP contribution in [0.3, 0.4) is 0 Å². The predicted molar refractivity (Wildman–Crippen MR) is 100 cm³/mol. The van der Waals surface area contributed by atoms with Gasteiger partial charge in [0, 0.05) is 37.7 Å². The Kier molecular flexibility index (Phi) is 7.11. The fourth-order valence-electron chi connectivity index (χ4n) is 2.26. The summed E-state index contributed by atoms with van der Waals surface area (Å²) in [5.74, 6) is 0. The van der Waals surface area contributed by atoms with Gasteiger partial charge in [0.25, 0.3) is 11.4 Å². The molecule has 0 aliphatic carbocycles. The fraction of sp³-hybridized carbons (Fsp3) is 0.222. The molecule has 134 valence electrons. The lowest BCUT2D eigenvalue weighted by atomic mass is 10.2. The van der Waals surface area contributed by atoms with Crippen LogP contribution in [0.4, 0.5) is 11.4 Å². The summed E-state index contributed by atoms with van der Waals surface area (Å²) in [5, 5.41) is 21.8. The molecule has 0 bridgehead atoms. The van der Waals surface area contributed by atoms with Crippen molar-refractivity contribution in [2.24, 2.45) is 9.98 Å². The second-order valence-electron chi connectivity index (χ2n) is 5.41. The van der Waals surface area contributed by atoms with Crippen molar-refractivity contribution in [3.05, 3.63) is 79.9 Å².